The van der Waals surface area contributed by atoms with Gasteiger partial charge in [-0.05, 0) is 43.2 Å². The van der Waals surface area contributed by atoms with E-state index in [0.717, 1.165) is 11.3 Å². The van der Waals surface area contributed by atoms with Gasteiger partial charge in [0, 0.05) is 25.0 Å². The second-order valence-corrected chi connectivity index (χ2v) is 5.97. The average molecular weight is 354 g/mol. The molecule has 0 aliphatic carbocycles. The number of para-hydroxylation sites is 1. The molecule has 5 heteroatoms. The van der Waals surface area contributed by atoms with Crippen LogP contribution in [-0.2, 0) is 20.7 Å². The first-order valence-corrected chi connectivity index (χ1v) is 8.87. The van der Waals surface area contributed by atoms with Crippen LogP contribution in [-0.4, -0.2) is 31.6 Å². The van der Waals surface area contributed by atoms with Gasteiger partial charge < -0.3 is 15.0 Å². The third kappa shape index (κ3) is 5.17. The molecule has 2 aromatic rings. The Morgan fingerprint density at radius 1 is 1.04 bits per heavy atom. The van der Waals surface area contributed by atoms with E-state index in [4.69, 9.17) is 4.74 Å². The van der Waals surface area contributed by atoms with E-state index in [-0.39, 0.29) is 11.8 Å². The first kappa shape index (κ1) is 19.7. The van der Waals surface area contributed by atoms with Gasteiger partial charge in [0.2, 0.25) is 5.91 Å². The van der Waals surface area contributed by atoms with E-state index in [1.165, 1.54) is 7.11 Å². The van der Waals surface area contributed by atoms with Crippen molar-refractivity contribution in [2.75, 3.05) is 23.9 Å². The van der Waals surface area contributed by atoms with Gasteiger partial charge >= 0.3 is 0 Å². The van der Waals surface area contributed by atoms with Crippen molar-refractivity contribution in [1.29, 1.82) is 0 Å². The Labute approximate surface area is 155 Å². The highest BCUT2D eigenvalue weighted by molar-refractivity contribution is 5.95. The van der Waals surface area contributed by atoms with E-state index in [0.29, 0.717) is 25.1 Å². The van der Waals surface area contributed by atoms with Gasteiger partial charge in [0.05, 0.1) is 6.42 Å². The summed E-state index contributed by atoms with van der Waals surface area (Å²) in [7, 11) is 1.52. The maximum atomic E-state index is 12.6. The topological polar surface area (TPSA) is 58.6 Å². The lowest BCUT2D eigenvalue weighted by Crippen LogP contribution is -2.32. The first-order valence-electron chi connectivity index (χ1n) is 8.87. The van der Waals surface area contributed by atoms with Crippen molar-refractivity contribution in [3.63, 3.8) is 0 Å². The molecule has 0 saturated carbocycles. The average Bonchev–Trinajstić information content (AvgIpc) is 2.66. The predicted octanol–water partition coefficient (Wildman–Crippen LogP) is 3.65. The molecule has 2 rings (SSSR count). The molecule has 1 N–H and O–H groups in total. The molecule has 0 aromatic heterocycles. The molecule has 2 amide bonds. The number of nitrogens with zero attached hydrogens (tertiary/aromatic N) is 1. The summed E-state index contributed by atoms with van der Waals surface area (Å²) in [6.45, 7) is 4.48. The van der Waals surface area contributed by atoms with Crippen LogP contribution in [0.1, 0.15) is 25.8 Å². The van der Waals surface area contributed by atoms with E-state index in [1.54, 1.807) is 4.90 Å². The largest absolute Gasteiger partial charge is 0.372 e. The molecule has 0 aliphatic rings. The van der Waals surface area contributed by atoms with Crippen LogP contribution < -0.4 is 10.2 Å². The van der Waals surface area contributed by atoms with Crippen molar-refractivity contribution in [2.45, 2.75) is 32.8 Å². The Morgan fingerprint density at radius 2 is 1.69 bits per heavy atom. The van der Waals surface area contributed by atoms with Crippen LogP contribution in [0.25, 0.3) is 0 Å². The Hall–Kier alpha value is -2.66. The molecule has 0 radical (unpaired) electrons. The van der Waals surface area contributed by atoms with Gasteiger partial charge in [-0.2, -0.15) is 0 Å². The lowest BCUT2D eigenvalue weighted by atomic mass is 10.1. The number of methoxy groups -OCH3 is 1. The second kappa shape index (κ2) is 9.73. The maximum Gasteiger partial charge on any atom is 0.253 e. The lowest BCUT2D eigenvalue weighted by molar-refractivity contribution is -0.125. The summed E-state index contributed by atoms with van der Waals surface area (Å²) >= 11 is 0. The lowest BCUT2D eigenvalue weighted by Gasteiger charge is -2.21. The highest BCUT2D eigenvalue weighted by atomic mass is 16.5. The Bertz CT molecular complexity index is 710. The number of ether oxygens (including phenoxy) is 1. The van der Waals surface area contributed by atoms with Crippen molar-refractivity contribution < 1.29 is 14.3 Å². The SMILES string of the molecule is CCC(OC)C(=O)Nc1ccc(CC(=O)N(CC)c2ccccc2)cc1. The zero-order valence-electron chi connectivity index (χ0n) is 15.6. The summed E-state index contributed by atoms with van der Waals surface area (Å²) in [6, 6.07) is 17.0. The molecule has 5 nitrogen and oxygen atoms in total. The van der Waals surface area contributed by atoms with E-state index in [9.17, 15) is 9.59 Å². The van der Waals surface area contributed by atoms with Crippen molar-refractivity contribution in [3.8, 4) is 0 Å². The molecule has 0 aliphatic heterocycles. The molecular formula is C21H26N2O3. The van der Waals surface area contributed by atoms with Crippen LogP contribution in [0.15, 0.2) is 54.6 Å². The zero-order valence-corrected chi connectivity index (χ0v) is 15.6. The van der Waals surface area contributed by atoms with Gasteiger partial charge in [0.25, 0.3) is 5.91 Å². The minimum atomic E-state index is -0.458. The summed E-state index contributed by atoms with van der Waals surface area (Å²) in [6.07, 6.45) is 0.466. The summed E-state index contributed by atoms with van der Waals surface area (Å²) < 4.78 is 5.13. The third-order valence-electron chi connectivity index (χ3n) is 4.21. The molecule has 26 heavy (non-hydrogen) atoms. The van der Waals surface area contributed by atoms with Crippen LogP contribution in [0.5, 0.6) is 0 Å². The molecule has 1 atom stereocenters. The number of amides is 2. The monoisotopic (exact) mass is 354 g/mol. The van der Waals surface area contributed by atoms with E-state index < -0.39 is 6.10 Å². The van der Waals surface area contributed by atoms with Gasteiger partial charge in [-0.1, -0.05) is 37.3 Å². The normalized spacial score (nSPS) is 11.7. The van der Waals surface area contributed by atoms with Gasteiger partial charge in [0.15, 0.2) is 0 Å². The van der Waals surface area contributed by atoms with Crippen LogP contribution in [0.2, 0.25) is 0 Å². The Balaban J connectivity index is 2.00. The standard InChI is InChI=1S/C21H26N2O3/c1-4-19(26-3)21(25)22-17-13-11-16(12-14-17)15-20(24)23(5-2)18-9-7-6-8-10-18/h6-14,19H,4-5,15H2,1-3H3,(H,22,25). The van der Waals surface area contributed by atoms with Crippen LogP contribution in [0.4, 0.5) is 11.4 Å². The van der Waals surface area contributed by atoms with E-state index in [1.807, 2.05) is 68.4 Å². The summed E-state index contributed by atoms with van der Waals surface area (Å²) in [4.78, 5) is 26.4. The first-order chi connectivity index (χ1) is 12.6. The van der Waals surface area contributed by atoms with Gasteiger partial charge in [-0.15, -0.1) is 0 Å². The van der Waals surface area contributed by atoms with Crippen molar-refractivity contribution >= 4 is 23.2 Å². The summed E-state index contributed by atoms with van der Waals surface area (Å²) in [5.74, 6) is -0.124. The van der Waals surface area contributed by atoms with Gasteiger partial charge in [-0.25, -0.2) is 0 Å². The fourth-order valence-electron chi connectivity index (χ4n) is 2.77. The molecule has 0 spiro atoms. The zero-order chi connectivity index (χ0) is 18.9. The predicted molar refractivity (Wildman–Crippen MR) is 104 cm³/mol. The minimum Gasteiger partial charge on any atom is -0.372 e. The number of hydrogen-bond acceptors (Lipinski definition) is 3. The van der Waals surface area contributed by atoms with E-state index in [2.05, 4.69) is 5.32 Å². The molecule has 0 saturated heterocycles. The number of carbonyl (C=O) groups is 2. The summed E-state index contributed by atoms with van der Waals surface area (Å²) in [5, 5.41) is 2.82. The second-order valence-electron chi connectivity index (χ2n) is 5.97. The number of rotatable bonds is 8. The fraction of sp³-hybridized carbons (Fsp3) is 0.333. The Kier molecular flexibility index (Phi) is 7.36. The van der Waals surface area contributed by atoms with Crippen LogP contribution >= 0.6 is 0 Å². The maximum absolute atomic E-state index is 12.6. The summed E-state index contributed by atoms with van der Waals surface area (Å²) in [5.41, 5.74) is 2.49. The molecular weight excluding hydrogens is 328 g/mol. The minimum absolute atomic E-state index is 0.0425. The highest BCUT2D eigenvalue weighted by Gasteiger charge is 2.16. The molecule has 0 fully saturated rings. The number of nitrogens with one attached hydrogen (secondary N) is 1. The third-order valence-corrected chi connectivity index (χ3v) is 4.21. The number of hydrogen-bond donors (Lipinski definition) is 1. The number of carbonyl (C=O) groups excluding carboxylic acids is 2. The Morgan fingerprint density at radius 3 is 2.23 bits per heavy atom. The fourth-order valence-corrected chi connectivity index (χ4v) is 2.77. The number of likely N-dealkylation sites (N-methyl/N-ethyl adjacent to an activating group) is 1. The molecule has 0 heterocycles. The van der Waals surface area contributed by atoms with Crippen LogP contribution in [0.3, 0.4) is 0 Å². The molecule has 1 unspecified atom stereocenters. The molecule has 0 bridgehead atoms. The number of benzene rings is 2. The van der Waals surface area contributed by atoms with Gasteiger partial charge in [0.1, 0.15) is 6.10 Å². The quantitative estimate of drug-likeness (QED) is 0.787. The molecule has 138 valence electrons. The van der Waals surface area contributed by atoms with Crippen molar-refractivity contribution in [1.82, 2.24) is 0 Å². The van der Waals surface area contributed by atoms with E-state index >= 15 is 0 Å². The van der Waals surface area contributed by atoms with Crippen molar-refractivity contribution in [3.05, 3.63) is 60.2 Å². The highest BCUT2D eigenvalue weighted by Crippen LogP contribution is 2.16. The smallest absolute Gasteiger partial charge is 0.253 e. The van der Waals surface area contributed by atoms with Crippen LogP contribution in [0, 0.1) is 0 Å². The van der Waals surface area contributed by atoms with Crippen molar-refractivity contribution in [2.24, 2.45) is 0 Å². The van der Waals surface area contributed by atoms with Gasteiger partial charge in [-0.3, -0.25) is 9.59 Å². The molecule has 2 aromatic carbocycles. The number of anilines is 2.